The summed E-state index contributed by atoms with van der Waals surface area (Å²) in [6.45, 7) is 24.6. The summed E-state index contributed by atoms with van der Waals surface area (Å²) in [5.41, 5.74) is 10.2. The van der Waals surface area contributed by atoms with Crippen molar-refractivity contribution in [2.24, 2.45) is 0 Å². The molecule has 0 unspecified atom stereocenters. The van der Waals surface area contributed by atoms with Crippen LogP contribution in [0.15, 0.2) is 121 Å². The summed E-state index contributed by atoms with van der Waals surface area (Å²) in [4.78, 5) is 5.17. The number of pyridine rings is 1. The third-order valence-corrected chi connectivity index (χ3v) is 9.89. The first-order valence-corrected chi connectivity index (χ1v) is 18.1. The Morgan fingerprint density at radius 3 is 1.57 bits per heavy atom. The fourth-order valence-electron chi connectivity index (χ4n) is 6.98. The van der Waals surface area contributed by atoms with Crippen LogP contribution in [0.1, 0.15) is 113 Å². The molecule has 4 heteroatoms. The highest BCUT2D eigenvalue weighted by Gasteiger charge is 2.42. The first kappa shape index (κ1) is 35.9. The maximum absolute atomic E-state index is 6.86. The molecule has 51 heavy (non-hydrogen) atoms. The lowest BCUT2D eigenvalue weighted by Gasteiger charge is -2.38. The Kier molecular flexibility index (Phi) is 9.35. The Bertz CT molecular complexity index is 2100. The molecule has 0 bridgehead atoms. The molecule has 4 aromatic carbocycles. The summed E-state index contributed by atoms with van der Waals surface area (Å²) in [6, 6.07) is 41.6. The maximum Gasteiger partial charge on any atom is 0.129 e. The van der Waals surface area contributed by atoms with Crippen molar-refractivity contribution in [2.75, 3.05) is 0 Å². The van der Waals surface area contributed by atoms with Crippen LogP contribution in [-0.2, 0) is 21.7 Å². The number of nitrogens with zero attached hydrogens (tertiary/aromatic N) is 3. The van der Waals surface area contributed by atoms with E-state index in [2.05, 4.69) is 166 Å². The quantitative estimate of drug-likeness (QED) is 0.158. The van der Waals surface area contributed by atoms with E-state index in [0.29, 0.717) is 0 Å². The molecule has 6 rings (SSSR count). The number of hydrogen-bond acceptors (Lipinski definition) is 3. The van der Waals surface area contributed by atoms with E-state index in [9.17, 15) is 0 Å². The van der Waals surface area contributed by atoms with Crippen molar-refractivity contribution in [1.29, 1.82) is 0 Å². The zero-order valence-corrected chi connectivity index (χ0v) is 32.3. The predicted molar refractivity (Wildman–Crippen MR) is 212 cm³/mol. The molecule has 0 aliphatic heterocycles. The molecule has 0 fully saturated rings. The van der Waals surface area contributed by atoms with Crippen LogP contribution < -0.4 is 4.74 Å². The van der Waals surface area contributed by atoms with Gasteiger partial charge in [-0.1, -0.05) is 129 Å². The Labute approximate surface area is 305 Å². The van der Waals surface area contributed by atoms with Crippen LogP contribution in [0.3, 0.4) is 0 Å². The number of benzene rings is 4. The second kappa shape index (κ2) is 13.3. The van der Waals surface area contributed by atoms with E-state index in [1.165, 1.54) is 27.8 Å². The van der Waals surface area contributed by atoms with Gasteiger partial charge in [0.2, 0.25) is 0 Å². The summed E-state index contributed by atoms with van der Waals surface area (Å²) < 4.78 is 8.83. The fourth-order valence-corrected chi connectivity index (χ4v) is 6.98. The summed E-state index contributed by atoms with van der Waals surface area (Å²) in [7, 11) is 0. The topological polar surface area (TPSA) is 39.9 Å². The van der Waals surface area contributed by atoms with Gasteiger partial charge in [0.1, 0.15) is 11.5 Å². The fraction of sp³-hybridized carbons (Fsp3) is 0.319. The van der Waals surface area contributed by atoms with Crippen molar-refractivity contribution >= 4 is 0 Å². The number of rotatable bonds is 7. The minimum absolute atomic E-state index is 0.0445. The van der Waals surface area contributed by atoms with E-state index in [4.69, 9.17) is 14.8 Å². The molecule has 6 aromatic rings. The van der Waals surface area contributed by atoms with Crippen LogP contribution in [0.25, 0.3) is 5.69 Å². The third kappa shape index (κ3) is 7.28. The number of aryl methyl sites for hydroxylation is 2. The standard InChI is InChI=1S/C47H53N3O/c1-32-25-33(2)50(49-32)40-21-16-22-41(31-40)51-42-29-38(46(9,10)11)28-39(30-42)47(43-23-12-13-24-48-43,36-19-14-17-34(26-36)44(3,4)5)37-20-15-18-35(27-37)45(6,7)8/h12-31H,1-11H3. The molecule has 0 atom stereocenters. The highest BCUT2D eigenvalue weighted by molar-refractivity contribution is 5.62. The van der Waals surface area contributed by atoms with Crippen molar-refractivity contribution in [2.45, 2.75) is 97.8 Å². The van der Waals surface area contributed by atoms with Gasteiger partial charge in [-0.3, -0.25) is 4.98 Å². The van der Waals surface area contributed by atoms with Crippen molar-refractivity contribution in [1.82, 2.24) is 14.8 Å². The van der Waals surface area contributed by atoms with Crippen molar-refractivity contribution < 1.29 is 4.74 Å². The molecule has 262 valence electrons. The Morgan fingerprint density at radius 1 is 0.490 bits per heavy atom. The van der Waals surface area contributed by atoms with Gasteiger partial charge in [-0.15, -0.1) is 0 Å². The minimum Gasteiger partial charge on any atom is -0.457 e. The van der Waals surface area contributed by atoms with Crippen LogP contribution in [0.5, 0.6) is 11.5 Å². The van der Waals surface area contributed by atoms with Gasteiger partial charge in [0.15, 0.2) is 0 Å². The molecule has 0 radical (unpaired) electrons. The zero-order chi connectivity index (χ0) is 36.8. The van der Waals surface area contributed by atoms with Gasteiger partial charge in [-0.25, -0.2) is 4.68 Å². The van der Waals surface area contributed by atoms with Crippen molar-refractivity contribution in [3.8, 4) is 17.2 Å². The van der Waals surface area contributed by atoms with Crippen LogP contribution in [0, 0.1) is 13.8 Å². The molecule has 0 N–H and O–H groups in total. The number of aromatic nitrogens is 3. The second-order valence-corrected chi connectivity index (χ2v) is 17.1. The predicted octanol–water partition coefficient (Wildman–Crippen LogP) is 12.0. The molecule has 4 nitrogen and oxygen atoms in total. The zero-order valence-electron chi connectivity index (χ0n) is 32.3. The van der Waals surface area contributed by atoms with E-state index < -0.39 is 5.41 Å². The number of ether oxygens (including phenoxy) is 1. The first-order valence-electron chi connectivity index (χ1n) is 18.1. The van der Waals surface area contributed by atoms with Crippen LogP contribution in [0.4, 0.5) is 0 Å². The Morgan fingerprint density at radius 2 is 1.04 bits per heavy atom. The van der Waals surface area contributed by atoms with Crippen molar-refractivity contribution in [3.63, 3.8) is 0 Å². The first-order chi connectivity index (χ1) is 24.0. The van der Waals surface area contributed by atoms with E-state index in [-0.39, 0.29) is 16.2 Å². The SMILES string of the molecule is Cc1cc(C)n(-c2cccc(Oc3cc(C(C)(C)C)cc(C(c4cccc(C(C)(C)C)c4)(c4cccc(C(C)(C)C)c4)c4ccccn4)c3)c2)n1. The molecule has 0 spiro atoms. The molecular formula is C47H53N3O. The Balaban J connectivity index is 1.67. The van der Waals surface area contributed by atoms with E-state index in [0.717, 1.165) is 39.8 Å². The smallest absolute Gasteiger partial charge is 0.129 e. The minimum atomic E-state index is -0.755. The Hall–Kier alpha value is -4.96. The number of hydrogen-bond donors (Lipinski definition) is 0. The molecular weight excluding hydrogens is 623 g/mol. The van der Waals surface area contributed by atoms with E-state index >= 15 is 0 Å². The van der Waals surface area contributed by atoms with E-state index in [1.807, 2.05) is 36.0 Å². The molecule has 0 saturated heterocycles. The van der Waals surface area contributed by atoms with E-state index in [1.54, 1.807) is 0 Å². The molecule has 0 amide bonds. The normalized spacial score (nSPS) is 12.6. The lowest BCUT2D eigenvalue weighted by Crippen LogP contribution is -2.33. The van der Waals surface area contributed by atoms with Crippen LogP contribution in [-0.4, -0.2) is 14.8 Å². The third-order valence-electron chi connectivity index (χ3n) is 9.89. The van der Waals surface area contributed by atoms with Crippen LogP contribution >= 0.6 is 0 Å². The molecule has 0 aliphatic rings. The monoisotopic (exact) mass is 675 g/mol. The molecule has 2 heterocycles. The highest BCUT2D eigenvalue weighted by Crippen LogP contribution is 2.48. The van der Waals surface area contributed by atoms with Gasteiger partial charge in [0.25, 0.3) is 0 Å². The van der Waals surface area contributed by atoms with Crippen LogP contribution in [0.2, 0.25) is 0 Å². The van der Waals surface area contributed by atoms with Gasteiger partial charge in [-0.05, 0) is 106 Å². The summed E-state index contributed by atoms with van der Waals surface area (Å²) >= 11 is 0. The van der Waals surface area contributed by atoms with Gasteiger partial charge >= 0.3 is 0 Å². The molecule has 0 saturated carbocycles. The van der Waals surface area contributed by atoms with Gasteiger partial charge in [0.05, 0.1) is 22.5 Å². The summed E-state index contributed by atoms with van der Waals surface area (Å²) in [6.07, 6.45) is 1.92. The highest BCUT2D eigenvalue weighted by atomic mass is 16.5. The maximum atomic E-state index is 6.86. The van der Waals surface area contributed by atoms with Gasteiger partial charge < -0.3 is 4.74 Å². The average Bonchev–Trinajstić information content (AvgIpc) is 3.42. The molecule has 2 aromatic heterocycles. The lowest BCUT2D eigenvalue weighted by atomic mass is 9.64. The molecule has 0 aliphatic carbocycles. The van der Waals surface area contributed by atoms with Gasteiger partial charge in [0, 0.05) is 18.0 Å². The van der Waals surface area contributed by atoms with Crippen molar-refractivity contribution in [3.05, 3.63) is 172 Å². The van der Waals surface area contributed by atoms with Gasteiger partial charge in [-0.2, -0.15) is 5.10 Å². The second-order valence-electron chi connectivity index (χ2n) is 17.1. The largest absolute Gasteiger partial charge is 0.457 e. The summed E-state index contributed by atoms with van der Waals surface area (Å²) in [5, 5.41) is 4.72. The average molecular weight is 676 g/mol. The lowest BCUT2D eigenvalue weighted by molar-refractivity contribution is 0.475. The summed E-state index contributed by atoms with van der Waals surface area (Å²) in [5.74, 6) is 1.53.